The number of nitrogens with zero attached hydrogens (tertiary/aromatic N) is 2. The van der Waals surface area contributed by atoms with Crippen LogP contribution in [0.15, 0.2) is 39.5 Å². The highest BCUT2D eigenvalue weighted by molar-refractivity contribution is 5.93. The summed E-state index contributed by atoms with van der Waals surface area (Å²) in [4.78, 5) is 29.9. The number of hydrogen-bond donors (Lipinski definition) is 1. The van der Waals surface area contributed by atoms with Crippen molar-refractivity contribution in [3.05, 3.63) is 40.6 Å². The summed E-state index contributed by atoms with van der Waals surface area (Å²) in [5, 5.41) is 10.8. The maximum atomic E-state index is 13.3. The van der Waals surface area contributed by atoms with E-state index in [2.05, 4.69) is 11.9 Å². The van der Waals surface area contributed by atoms with E-state index < -0.39 is 11.2 Å². The summed E-state index contributed by atoms with van der Waals surface area (Å²) in [6.07, 6.45) is 1.70. The van der Waals surface area contributed by atoms with Crippen molar-refractivity contribution in [2.24, 2.45) is 0 Å². The van der Waals surface area contributed by atoms with Gasteiger partial charge in [0.05, 0.1) is 27.9 Å². The van der Waals surface area contributed by atoms with Crippen LogP contribution in [0.1, 0.15) is 19.3 Å². The minimum absolute atomic E-state index is 0.00919. The molecular formula is C28H34N2O8. The quantitative estimate of drug-likeness (QED) is 0.397. The number of piperazine rings is 1. The van der Waals surface area contributed by atoms with Gasteiger partial charge in [-0.15, -0.1) is 0 Å². The second-order valence-electron chi connectivity index (χ2n) is 9.14. The van der Waals surface area contributed by atoms with E-state index >= 15 is 0 Å². The first-order chi connectivity index (χ1) is 18.4. The summed E-state index contributed by atoms with van der Waals surface area (Å²) in [6, 6.07) is 8.29. The number of amides is 1. The number of fused-ring (bicyclic) bond motifs is 1. The predicted molar refractivity (Wildman–Crippen MR) is 143 cm³/mol. The van der Waals surface area contributed by atoms with Crippen LogP contribution in [0.4, 0.5) is 0 Å². The maximum absolute atomic E-state index is 13.3. The topological polar surface area (TPSA) is 111 Å². The van der Waals surface area contributed by atoms with Gasteiger partial charge in [0.25, 0.3) is 0 Å². The lowest BCUT2D eigenvalue weighted by Crippen LogP contribution is -2.47. The molecule has 1 aromatic heterocycles. The lowest BCUT2D eigenvalue weighted by atomic mass is 10.1. The molecule has 2 heterocycles. The molecule has 1 saturated heterocycles. The van der Waals surface area contributed by atoms with Gasteiger partial charge in [-0.3, -0.25) is 9.59 Å². The number of carbonyl (C=O) groups excluding carboxylic acids is 1. The van der Waals surface area contributed by atoms with Crippen molar-refractivity contribution in [3.63, 3.8) is 0 Å². The number of carbonyl (C=O) groups is 1. The van der Waals surface area contributed by atoms with Crippen molar-refractivity contribution in [2.75, 3.05) is 61.2 Å². The van der Waals surface area contributed by atoms with E-state index in [-0.39, 0.29) is 40.7 Å². The number of aromatic hydroxyl groups is 1. The van der Waals surface area contributed by atoms with E-state index in [1.807, 2.05) is 4.90 Å². The molecule has 0 radical (unpaired) electrons. The Bertz CT molecular complexity index is 1330. The lowest BCUT2D eigenvalue weighted by molar-refractivity contribution is -0.132. The van der Waals surface area contributed by atoms with E-state index in [4.69, 9.17) is 23.4 Å². The standard InChI is InChI=1S/C28H34N2O8/c1-29-12-14-30(15-13-29)22(31)7-5-6-16-37-20-17-21(35-3)27(36-4)28-23(20)24(32)25(33)26(38-28)18-8-10-19(34-2)11-9-18/h8-11,17,33H,5-7,12-16H2,1-4H3. The van der Waals surface area contributed by atoms with E-state index in [0.717, 1.165) is 26.2 Å². The summed E-state index contributed by atoms with van der Waals surface area (Å²) < 4.78 is 28.2. The molecule has 0 bridgehead atoms. The Morgan fingerprint density at radius 2 is 1.68 bits per heavy atom. The first kappa shape index (κ1) is 27.1. The zero-order chi connectivity index (χ0) is 27.2. The summed E-state index contributed by atoms with van der Waals surface area (Å²) in [5.41, 5.74) is -0.0707. The van der Waals surface area contributed by atoms with E-state index in [1.165, 1.54) is 14.2 Å². The first-order valence-corrected chi connectivity index (χ1v) is 12.6. The van der Waals surface area contributed by atoms with Crippen molar-refractivity contribution in [1.29, 1.82) is 0 Å². The van der Waals surface area contributed by atoms with Gasteiger partial charge in [-0.2, -0.15) is 0 Å². The number of hydrogen-bond acceptors (Lipinski definition) is 9. The number of benzene rings is 2. The molecule has 204 valence electrons. The molecule has 0 spiro atoms. The number of likely N-dealkylation sites (N-methyl/N-ethyl adjacent to an activating group) is 1. The third-order valence-corrected chi connectivity index (χ3v) is 6.70. The smallest absolute Gasteiger partial charge is 0.238 e. The number of unbranched alkanes of at least 4 members (excludes halogenated alkanes) is 1. The van der Waals surface area contributed by atoms with Gasteiger partial charge in [0.2, 0.25) is 22.8 Å². The third kappa shape index (κ3) is 5.65. The van der Waals surface area contributed by atoms with Crippen molar-refractivity contribution < 1.29 is 33.3 Å². The van der Waals surface area contributed by atoms with E-state index in [0.29, 0.717) is 36.3 Å². The van der Waals surface area contributed by atoms with Crippen molar-refractivity contribution in [3.8, 4) is 40.1 Å². The minimum atomic E-state index is -0.654. The highest BCUT2D eigenvalue weighted by atomic mass is 16.5. The second kappa shape index (κ2) is 12.1. The van der Waals surface area contributed by atoms with Crippen LogP contribution >= 0.6 is 0 Å². The van der Waals surface area contributed by atoms with Gasteiger partial charge in [-0.25, -0.2) is 0 Å². The maximum Gasteiger partial charge on any atom is 0.238 e. The molecule has 38 heavy (non-hydrogen) atoms. The highest BCUT2D eigenvalue weighted by Crippen LogP contribution is 2.43. The van der Waals surface area contributed by atoms with Crippen LogP contribution in [-0.4, -0.2) is 82.0 Å². The first-order valence-electron chi connectivity index (χ1n) is 12.6. The number of ether oxygens (including phenoxy) is 4. The molecule has 1 aliphatic rings. The van der Waals surface area contributed by atoms with Gasteiger partial charge < -0.3 is 38.3 Å². The molecule has 10 heteroatoms. The van der Waals surface area contributed by atoms with Crippen LogP contribution in [-0.2, 0) is 4.79 Å². The van der Waals surface area contributed by atoms with Crippen molar-refractivity contribution >= 4 is 16.9 Å². The van der Waals surface area contributed by atoms with Gasteiger partial charge in [-0.1, -0.05) is 0 Å². The van der Waals surface area contributed by atoms with Crippen LogP contribution in [0.25, 0.3) is 22.3 Å². The molecule has 0 unspecified atom stereocenters. The average molecular weight is 527 g/mol. The molecule has 2 aromatic carbocycles. The Kier molecular flexibility index (Phi) is 8.62. The number of methoxy groups -OCH3 is 3. The van der Waals surface area contributed by atoms with Gasteiger partial charge >= 0.3 is 0 Å². The Morgan fingerprint density at radius 1 is 0.974 bits per heavy atom. The van der Waals surface area contributed by atoms with Crippen LogP contribution in [0.2, 0.25) is 0 Å². The molecule has 4 rings (SSSR count). The summed E-state index contributed by atoms with van der Waals surface area (Å²) in [5.74, 6) is 0.938. The van der Waals surface area contributed by atoms with Crippen molar-refractivity contribution in [1.82, 2.24) is 9.80 Å². The third-order valence-electron chi connectivity index (χ3n) is 6.70. The lowest BCUT2D eigenvalue weighted by Gasteiger charge is -2.32. The molecule has 10 nitrogen and oxygen atoms in total. The van der Waals surface area contributed by atoms with Crippen LogP contribution in [0.3, 0.4) is 0 Å². The molecular weight excluding hydrogens is 492 g/mol. The summed E-state index contributed by atoms with van der Waals surface area (Å²) in [6.45, 7) is 3.54. The fraction of sp³-hybridized carbons (Fsp3) is 0.429. The Balaban J connectivity index is 1.55. The normalized spacial score (nSPS) is 13.9. The van der Waals surface area contributed by atoms with Gasteiger partial charge in [0, 0.05) is 44.2 Å². The Morgan fingerprint density at radius 3 is 2.32 bits per heavy atom. The van der Waals surface area contributed by atoms with Gasteiger partial charge in [0.1, 0.15) is 16.9 Å². The van der Waals surface area contributed by atoms with E-state index in [1.54, 1.807) is 37.4 Å². The number of rotatable bonds is 10. The molecule has 3 aromatic rings. The average Bonchev–Trinajstić information content (AvgIpc) is 2.94. The predicted octanol–water partition coefficient (Wildman–Crippen LogP) is 3.51. The monoisotopic (exact) mass is 526 g/mol. The summed E-state index contributed by atoms with van der Waals surface area (Å²) >= 11 is 0. The Labute approximate surface area is 221 Å². The SMILES string of the molecule is COc1ccc(-c2oc3c(OC)c(OC)cc(OCCCCC(=O)N4CCN(C)CC4)c3c(=O)c2O)cc1. The van der Waals surface area contributed by atoms with Crippen molar-refractivity contribution in [2.45, 2.75) is 19.3 Å². The fourth-order valence-corrected chi connectivity index (χ4v) is 4.45. The van der Waals surface area contributed by atoms with Gasteiger partial charge in [-0.05, 0) is 44.2 Å². The Hall–Kier alpha value is -3.92. The summed E-state index contributed by atoms with van der Waals surface area (Å²) in [7, 11) is 6.51. The molecule has 1 aliphatic heterocycles. The van der Waals surface area contributed by atoms with Gasteiger partial charge in [0.15, 0.2) is 17.1 Å². The van der Waals surface area contributed by atoms with Crippen LogP contribution < -0.4 is 24.4 Å². The molecule has 0 saturated carbocycles. The molecule has 1 amide bonds. The van der Waals surface area contributed by atoms with Crippen LogP contribution in [0, 0.1) is 0 Å². The molecule has 1 N–H and O–H groups in total. The molecule has 0 atom stereocenters. The fourth-order valence-electron chi connectivity index (χ4n) is 4.45. The minimum Gasteiger partial charge on any atom is -0.502 e. The largest absolute Gasteiger partial charge is 0.502 e. The second-order valence-corrected chi connectivity index (χ2v) is 9.14. The zero-order valence-corrected chi connectivity index (χ0v) is 22.2. The van der Waals surface area contributed by atoms with E-state index in [9.17, 15) is 14.7 Å². The molecule has 0 aliphatic carbocycles. The van der Waals surface area contributed by atoms with Crippen LogP contribution in [0.5, 0.6) is 28.7 Å². The molecule has 1 fully saturated rings. The zero-order valence-electron chi connectivity index (χ0n) is 22.2. The highest BCUT2D eigenvalue weighted by Gasteiger charge is 2.25.